The monoisotopic (exact) mass is 1550 g/mol. The minimum absolute atomic E-state index is 0.211. The average Bonchev–Trinajstić information content (AvgIpc) is 1.70. The molecular formula is C72H70N38OS2. The molecule has 41 heteroatoms. The van der Waals surface area contributed by atoms with E-state index < -0.39 is 0 Å². The maximum Gasteiger partial charge on any atom is 0.219 e. The Kier molecular flexibility index (Phi) is 19.7. The van der Waals surface area contributed by atoms with Crippen LogP contribution in [0.3, 0.4) is 0 Å². The fraction of sp³-hybridized carbons (Fsp3) is 0.139. The van der Waals surface area contributed by atoms with E-state index >= 15 is 0 Å². The third-order valence-electron chi connectivity index (χ3n) is 18.0. The number of aryl methyl sites for hydroxylation is 8. The molecule has 18 aromatic heterocycles. The topological polar surface area (TPSA) is 562 Å². The SMILES string of the molecule is COc1cc(-c2nn(C)c3ncnc(N)c23)cs1.Cc1c[nH]c2cc(-c3nn(C)c4ncnc(N)c34)ccc12.Cc1ncc(-c2nn(C)c3ncnc(N)c23)cn1.Cn1nc(-c2ccc(CN)s2)c2c(N)ncnc21.Cn1nc(-c2ccc3cc[nH]c3c2)c2c(N)ncnc21.Cn1nc(-c2cnc(N)nc2)c2c(N)ncnc21. The van der Waals surface area contributed by atoms with Crippen LogP contribution in [-0.4, -0.2) is 156 Å². The van der Waals surface area contributed by atoms with Gasteiger partial charge in [0.25, 0.3) is 0 Å². The van der Waals surface area contributed by atoms with E-state index in [-0.39, 0.29) is 5.95 Å². The van der Waals surface area contributed by atoms with Crippen molar-refractivity contribution in [3.05, 3.63) is 157 Å². The second-order valence-corrected chi connectivity index (χ2v) is 27.3. The number of nitrogens with zero attached hydrogens (tertiary/aromatic N) is 28. The molecular weight excluding hydrogens is 1480 g/mol. The lowest BCUT2D eigenvalue weighted by molar-refractivity contribution is 0.427. The predicted octanol–water partition coefficient (Wildman–Crippen LogP) is 8.01. The van der Waals surface area contributed by atoms with Gasteiger partial charge in [0.15, 0.2) is 38.9 Å². The molecule has 0 atom stereocenters. The number of nitrogen functional groups attached to an aromatic ring is 7. The van der Waals surface area contributed by atoms with Crippen LogP contribution in [0, 0.1) is 13.8 Å². The summed E-state index contributed by atoms with van der Waals surface area (Å²) in [7, 11) is 12.6. The summed E-state index contributed by atoms with van der Waals surface area (Å²) in [5, 5.41) is 36.5. The van der Waals surface area contributed by atoms with Crippen molar-refractivity contribution in [1.82, 2.24) is 148 Å². The third kappa shape index (κ3) is 14.1. The van der Waals surface area contributed by atoms with Crippen molar-refractivity contribution in [3.8, 4) is 71.9 Å². The van der Waals surface area contributed by atoms with Gasteiger partial charge in [-0.25, -0.2) is 108 Å². The molecule has 0 amide bonds. The zero-order chi connectivity index (χ0) is 79.0. The molecule has 39 nitrogen and oxygen atoms in total. The van der Waals surface area contributed by atoms with Gasteiger partial charge in [0, 0.05) is 147 Å². The molecule has 0 unspecified atom stereocenters. The molecule has 0 radical (unpaired) electrons. The van der Waals surface area contributed by atoms with Crippen LogP contribution in [0.5, 0.6) is 5.06 Å². The number of aromatic amines is 2. The highest BCUT2D eigenvalue weighted by molar-refractivity contribution is 7.15. The normalized spacial score (nSPS) is 11.2. The fourth-order valence-electron chi connectivity index (χ4n) is 12.6. The molecule has 0 saturated heterocycles. The summed E-state index contributed by atoms with van der Waals surface area (Å²) < 4.78 is 15.4. The van der Waals surface area contributed by atoms with Gasteiger partial charge in [-0.15, -0.1) is 22.7 Å². The predicted molar refractivity (Wildman–Crippen MR) is 436 cm³/mol. The van der Waals surface area contributed by atoms with Crippen molar-refractivity contribution in [3.63, 3.8) is 0 Å². The lowest BCUT2D eigenvalue weighted by atomic mass is 10.1. The van der Waals surface area contributed by atoms with E-state index in [9.17, 15) is 0 Å². The number of aromatic nitrogens is 30. The Balaban J connectivity index is 0.000000107. The van der Waals surface area contributed by atoms with Gasteiger partial charge in [-0.3, -0.25) is 0 Å². The van der Waals surface area contributed by atoms with Crippen LogP contribution >= 0.6 is 22.7 Å². The highest BCUT2D eigenvalue weighted by Crippen LogP contribution is 2.39. The molecule has 18 heterocycles. The first kappa shape index (κ1) is 73.3. The Hall–Kier alpha value is -15.3. The quantitative estimate of drug-likeness (QED) is 0.0688. The number of anilines is 7. The standard InChI is InChI=1S/C15H14N6.C14H12N6.C11H11N7.C11H12N6S.C11H11N5OS.C10H10N8/c1-8-6-17-11-5-9(3-4-10(8)11)13-12-14(16)18-7-19-15(12)21(2)20-13;1-20-14-11(13(15)17-7-18-14)12(19-20)9-3-2-8-4-5-16-10(8)6-9;1-6-13-3-7(4-14-6)9-8-10(12)15-5-16-11(8)18(2)17-9;1-17-11-8(10(13)14-5-15-11)9(16-17)7-3-2-6(4-12)18-7;1-16-11-8(10(12)13-5-14-11)9(15-16)6-3-7(17-2)18-4-6;1-18-9-6(8(11)15-4-16-9)7(17-18)5-2-13-10(12)14-3-5/h3-7,17H,1-2H3,(H2,16,18,19);2-7,16H,1H3,(H2,15,17,18);3-5H,1-2H3,(H2,12,15,16);2-3,5H,4,12H2,1H3,(H2,13,14,15);3-5H,1-2H3,(H2,12,13,14);2-4H,1H3,(H2,11,15,16)(H2,12,13,14). The molecule has 0 fully saturated rings. The van der Waals surface area contributed by atoms with Gasteiger partial charge in [-0.2, -0.15) is 30.6 Å². The van der Waals surface area contributed by atoms with Gasteiger partial charge >= 0.3 is 0 Å². The summed E-state index contributed by atoms with van der Waals surface area (Å²) in [4.78, 5) is 74.2. The molecule has 0 aliphatic carbocycles. The number of hydrogen-bond donors (Lipinski definition) is 10. The minimum Gasteiger partial charge on any atom is -0.487 e. The smallest absolute Gasteiger partial charge is 0.219 e. The molecule has 0 bridgehead atoms. The minimum atomic E-state index is 0.211. The van der Waals surface area contributed by atoms with Crippen molar-refractivity contribution < 1.29 is 4.74 Å². The molecule has 20 aromatic rings. The molecule has 566 valence electrons. The van der Waals surface area contributed by atoms with Crippen LogP contribution in [0.4, 0.5) is 40.9 Å². The Bertz CT molecular complexity index is 6640. The molecule has 18 N–H and O–H groups in total. The highest BCUT2D eigenvalue weighted by Gasteiger charge is 2.23. The van der Waals surface area contributed by atoms with Gasteiger partial charge in [-0.1, -0.05) is 24.3 Å². The van der Waals surface area contributed by atoms with Crippen molar-refractivity contribution in [1.29, 1.82) is 0 Å². The number of rotatable bonds is 8. The molecule has 0 spiro atoms. The summed E-state index contributed by atoms with van der Waals surface area (Å²) in [5.74, 6) is 3.49. The number of benzene rings is 2. The first-order valence-corrected chi connectivity index (χ1v) is 35.9. The second-order valence-electron chi connectivity index (χ2n) is 25.3. The molecule has 0 saturated carbocycles. The van der Waals surface area contributed by atoms with E-state index in [4.69, 9.17) is 50.6 Å². The van der Waals surface area contributed by atoms with E-state index in [1.54, 1.807) is 78.4 Å². The lowest BCUT2D eigenvalue weighted by Gasteiger charge is -2.00. The molecule has 0 aliphatic heterocycles. The van der Waals surface area contributed by atoms with E-state index in [1.807, 2.05) is 90.3 Å². The molecule has 2 aromatic carbocycles. The number of ether oxygens (including phenoxy) is 1. The third-order valence-corrected chi connectivity index (χ3v) is 20.0. The number of methoxy groups -OCH3 is 1. The van der Waals surface area contributed by atoms with Crippen molar-refractivity contribution in [2.75, 3.05) is 47.2 Å². The Morgan fingerprint density at radius 2 is 0.770 bits per heavy atom. The van der Waals surface area contributed by atoms with Crippen LogP contribution in [-0.2, 0) is 48.8 Å². The van der Waals surface area contributed by atoms with E-state index in [0.717, 1.165) is 126 Å². The first-order chi connectivity index (χ1) is 54.6. The highest BCUT2D eigenvalue weighted by atomic mass is 32.1. The average molecular weight is 1550 g/mol. The number of nitrogens with one attached hydrogen (secondary N) is 2. The molecule has 113 heavy (non-hydrogen) atoms. The van der Waals surface area contributed by atoms with Crippen molar-refractivity contribution >= 4 is 152 Å². The lowest BCUT2D eigenvalue weighted by Crippen LogP contribution is -1.95. The van der Waals surface area contributed by atoms with Gasteiger partial charge < -0.3 is 60.6 Å². The van der Waals surface area contributed by atoms with Crippen LogP contribution in [0.15, 0.2) is 141 Å². The first-order valence-electron chi connectivity index (χ1n) is 34.2. The molecule has 20 rings (SSSR count). The summed E-state index contributed by atoms with van der Waals surface area (Å²) in [6.45, 7) is 4.44. The maximum atomic E-state index is 6.01. The zero-order valence-corrected chi connectivity index (χ0v) is 63.5. The summed E-state index contributed by atoms with van der Waals surface area (Å²) in [6.07, 6.45) is 19.2. The van der Waals surface area contributed by atoms with Crippen molar-refractivity contribution in [2.24, 2.45) is 48.0 Å². The Morgan fingerprint density at radius 3 is 1.18 bits per heavy atom. The summed E-state index contributed by atoms with van der Waals surface area (Å²) >= 11 is 3.13. The van der Waals surface area contributed by atoms with Gasteiger partial charge in [0.2, 0.25) is 5.95 Å². The summed E-state index contributed by atoms with van der Waals surface area (Å²) in [6, 6.07) is 20.3. The van der Waals surface area contributed by atoms with E-state index in [0.29, 0.717) is 75.3 Å². The van der Waals surface area contributed by atoms with E-state index in [2.05, 4.69) is 158 Å². The van der Waals surface area contributed by atoms with Crippen LogP contribution in [0.1, 0.15) is 16.3 Å². The Morgan fingerprint density at radius 1 is 0.389 bits per heavy atom. The zero-order valence-electron chi connectivity index (χ0n) is 61.9. The van der Waals surface area contributed by atoms with Crippen LogP contribution < -0.4 is 50.6 Å². The molecule has 0 aliphatic rings. The van der Waals surface area contributed by atoms with Gasteiger partial charge in [0.1, 0.15) is 113 Å². The maximum absolute atomic E-state index is 6.01. The number of nitrogens with two attached hydrogens (primary N) is 8. The van der Waals surface area contributed by atoms with Gasteiger partial charge in [0.05, 0.1) is 44.3 Å². The van der Waals surface area contributed by atoms with Crippen molar-refractivity contribution in [2.45, 2.75) is 20.4 Å². The van der Waals surface area contributed by atoms with Crippen LogP contribution in [0.25, 0.3) is 155 Å². The number of H-pyrrole nitrogens is 2. The fourth-order valence-corrected chi connectivity index (χ4v) is 14.2. The Labute approximate surface area is 646 Å². The largest absolute Gasteiger partial charge is 0.487 e. The van der Waals surface area contributed by atoms with E-state index in [1.165, 1.54) is 65.6 Å². The second kappa shape index (κ2) is 30.4. The summed E-state index contributed by atoms with van der Waals surface area (Å²) in [5.41, 5.74) is 63.4. The number of thiophene rings is 2. The van der Waals surface area contributed by atoms with Crippen LogP contribution in [0.2, 0.25) is 0 Å². The number of hydrogen-bond acceptors (Lipinski definition) is 33. The number of fused-ring (bicyclic) bond motifs is 8. The van der Waals surface area contributed by atoms with Gasteiger partial charge in [-0.05, 0) is 55.1 Å².